The number of benzene rings is 1. The van der Waals surface area contributed by atoms with Crippen LogP contribution in [0.1, 0.15) is 57.8 Å². The number of aromatic nitrogens is 2. The Morgan fingerprint density at radius 2 is 1.97 bits per heavy atom. The third-order valence-electron chi connectivity index (χ3n) is 5.44. The zero-order valence-corrected chi connectivity index (χ0v) is 19.5. The van der Waals surface area contributed by atoms with Gasteiger partial charge in [-0.05, 0) is 37.7 Å². The van der Waals surface area contributed by atoms with E-state index in [9.17, 15) is 12.8 Å². The number of ether oxygens (including phenoxy) is 1. The van der Waals surface area contributed by atoms with E-state index >= 15 is 0 Å². The number of sulfone groups is 1. The Morgan fingerprint density at radius 1 is 1.26 bits per heavy atom. The van der Waals surface area contributed by atoms with Crippen LogP contribution in [0.3, 0.4) is 0 Å². The van der Waals surface area contributed by atoms with Crippen molar-refractivity contribution in [2.24, 2.45) is 5.92 Å². The molecule has 0 amide bonds. The Labute approximate surface area is 183 Å². The molecule has 1 saturated heterocycles. The molecule has 0 saturated carbocycles. The summed E-state index contributed by atoms with van der Waals surface area (Å²) >= 11 is 0. The van der Waals surface area contributed by atoms with E-state index in [4.69, 9.17) is 9.26 Å². The molecule has 172 valence electrons. The Kier molecular flexibility index (Phi) is 7.24. The summed E-state index contributed by atoms with van der Waals surface area (Å²) in [4.78, 5) is 6.69. The second kappa shape index (κ2) is 9.54. The van der Waals surface area contributed by atoms with Crippen LogP contribution in [0.25, 0.3) is 0 Å². The van der Waals surface area contributed by atoms with Crippen LogP contribution in [0.5, 0.6) is 5.75 Å². The normalized spacial score (nSPS) is 16.0. The Morgan fingerprint density at radius 3 is 2.55 bits per heavy atom. The highest BCUT2D eigenvalue weighted by atomic mass is 32.2. The van der Waals surface area contributed by atoms with E-state index < -0.39 is 15.7 Å². The van der Waals surface area contributed by atoms with Crippen LogP contribution in [0.4, 0.5) is 10.4 Å². The molecular formula is C22H32FN3O4S. The fourth-order valence-electron chi connectivity index (χ4n) is 3.64. The van der Waals surface area contributed by atoms with Gasteiger partial charge in [0.25, 0.3) is 0 Å². The molecule has 0 radical (unpaired) electrons. The van der Waals surface area contributed by atoms with E-state index in [1.54, 1.807) is 6.07 Å². The largest absolute Gasteiger partial charge is 0.493 e. The first-order valence-corrected chi connectivity index (χ1v) is 12.8. The highest BCUT2D eigenvalue weighted by Gasteiger charge is 2.26. The maximum Gasteiger partial charge on any atom is 0.324 e. The van der Waals surface area contributed by atoms with Gasteiger partial charge in [-0.1, -0.05) is 32.0 Å². The van der Waals surface area contributed by atoms with Crippen LogP contribution in [-0.4, -0.2) is 44.5 Å². The van der Waals surface area contributed by atoms with Crippen LogP contribution in [0.2, 0.25) is 0 Å². The van der Waals surface area contributed by atoms with Crippen molar-refractivity contribution in [3.05, 3.63) is 35.4 Å². The summed E-state index contributed by atoms with van der Waals surface area (Å²) in [6, 6.07) is 4.96. The van der Waals surface area contributed by atoms with Crippen molar-refractivity contribution in [2.45, 2.75) is 57.6 Å². The number of rotatable bonds is 8. The van der Waals surface area contributed by atoms with Gasteiger partial charge < -0.3 is 14.2 Å². The quantitative estimate of drug-likeness (QED) is 0.556. The lowest BCUT2D eigenvalue weighted by molar-refractivity contribution is 0.275. The molecule has 1 aromatic carbocycles. The van der Waals surface area contributed by atoms with Gasteiger partial charge in [0.15, 0.2) is 15.7 Å². The van der Waals surface area contributed by atoms with Gasteiger partial charge in [-0.2, -0.15) is 4.98 Å². The number of hydrogen-bond donors (Lipinski definition) is 0. The first kappa shape index (κ1) is 23.5. The van der Waals surface area contributed by atoms with Crippen molar-refractivity contribution < 1.29 is 22.1 Å². The third kappa shape index (κ3) is 6.92. The van der Waals surface area contributed by atoms with Crippen LogP contribution < -0.4 is 9.64 Å². The molecule has 0 aliphatic carbocycles. The first-order chi connectivity index (χ1) is 14.5. The lowest BCUT2D eigenvalue weighted by Crippen LogP contribution is -2.34. The second-order valence-corrected chi connectivity index (χ2v) is 11.5. The molecule has 0 bridgehead atoms. The molecule has 1 aliphatic heterocycles. The molecule has 31 heavy (non-hydrogen) atoms. The standard InChI is InChI=1S/C22H32FN3O4S/c1-22(2,3)20-24-21(30-25-20)26-11-9-16(10-12-26)6-5-13-29-18-8-7-17(19(23)14-18)15-31(4,27)28/h7-8,14,16H,5-6,9-13,15H2,1-4H3. The second-order valence-electron chi connectivity index (χ2n) is 9.39. The minimum absolute atomic E-state index is 0.128. The number of hydrogen-bond acceptors (Lipinski definition) is 7. The third-order valence-corrected chi connectivity index (χ3v) is 6.27. The van der Waals surface area contributed by atoms with Gasteiger partial charge in [0.1, 0.15) is 11.6 Å². The highest BCUT2D eigenvalue weighted by Crippen LogP contribution is 2.27. The predicted molar refractivity (Wildman–Crippen MR) is 118 cm³/mol. The summed E-state index contributed by atoms with van der Waals surface area (Å²) in [5.74, 6) is 0.904. The van der Waals surface area contributed by atoms with Gasteiger partial charge >= 0.3 is 6.01 Å². The van der Waals surface area contributed by atoms with E-state index in [0.29, 0.717) is 24.3 Å². The average molecular weight is 454 g/mol. The molecule has 0 atom stereocenters. The van der Waals surface area contributed by atoms with Gasteiger partial charge in [0.2, 0.25) is 0 Å². The van der Waals surface area contributed by atoms with E-state index in [-0.39, 0.29) is 16.7 Å². The SMILES string of the molecule is CC(C)(C)c1noc(N2CCC(CCCOc3ccc(CS(C)(=O)=O)c(F)c3)CC2)n1. The monoisotopic (exact) mass is 453 g/mol. The smallest absolute Gasteiger partial charge is 0.324 e. The minimum atomic E-state index is -3.27. The van der Waals surface area contributed by atoms with Crippen LogP contribution in [0.15, 0.2) is 22.7 Å². The summed E-state index contributed by atoms with van der Waals surface area (Å²) in [6.45, 7) is 8.48. The molecular weight excluding hydrogens is 421 g/mol. The molecule has 2 aromatic rings. The van der Waals surface area contributed by atoms with Crippen LogP contribution >= 0.6 is 0 Å². The van der Waals surface area contributed by atoms with Crippen molar-refractivity contribution in [2.75, 3.05) is 30.9 Å². The molecule has 2 heterocycles. The minimum Gasteiger partial charge on any atom is -0.493 e. The molecule has 0 unspecified atom stereocenters. The lowest BCUT2D eigenvalue weighted by Gasteiger charge is -2.30. The molecule has 0 N–H and O–H groups in total. The number of nitrogens with zero attached hydrogens (tertiary/aromatic N) is 3. The predicted octanol–water partition coefficient (Wildman–Crippen LogP) is 4.13. The Hall–Kier alpha value is -2.16. The summed E-state index contributed by atoms with van der Waals surface area (Å²) in [6.07, 6.45) is 5.13. The van der Waals surface area contributed by atoms with Crippen molar-refractivity contribution in [1.29, 1.82) is 0 Å². The fourth-order valence-corrected chi connectivity index (χ4v) is 4.44. The zero-order chi connectivity index (χ0) is 22.6. The number of anilines is 1. The lowest BCUT2D eigenvalue weighted by atomic mass is 9.92. The van der Waals surface area contributed by atoms with Crippen molar-refractivity contribution in [3.8, 4) is 5.75 Å². The number of halogens is 1. The Balaban J connectivity index is 1.39. The van der Waals surface area contributed by atoms with Gasteiger partial charge in [0, 0.05) is 36.4 Å². The highest BCUT2D eigenvalue weighted by molar-refractivity contribution is 7.89. The molecule has 7 nitrogen and oxygen atoms in total. The molecule has 1 fully saturated rings. The van der Waals surface area contributed by atoms with Gasteiger partial charge in [-0.15, -0.1) is 0 Å². The maximum atomic E-state index is 14.1. The summed E-state index contributed by atoms with van der Waals surface area (Å²) < 4.78 is 47.8. The molecule has 0 spiro atoms. The summed E-state index contributed by atoms with van der Waals surface area (Å²) in [5, 5.41) is 4.10. The number of piperidine rings is 1. The van der Waals surface area contributed by atoms with Crippen molar-refractivity contribution in [3.63, 3.8) is 0 Å². The summed E-state index contributed by atoms with van der Waals surface area (Å²) in [5.41, 5.74) is 0.0364. The topological polar surface area (TPSA) is 85.5 Å². The van der Waals surface area contributed by atoms with Crippen LogP contribution in [-0.2, 0) is 21.0 Å². The maximum absolute atomic E-state index is 14.1. The van der Waals surface area contributed by atoms with Crippen molar-refractivity contribution >= 4 is 15.9 Å². The first-order valence-electron chi connectivity index (χ1n) is 10.7. The van der Waals surface area contributed by atoms with Crippen LogP contribution in [0, 0.1) is 11.7 Å². The molecule has 9 heteroatoms. The van der Waals surface area contributed by atoms with Crippen molar-refractivity contribution in [1.82, 2.24) is 10.1 Å². The van der Waals surface area contributed by atoms with E-state index in [2.05, 4.69) is 35.8 Å². The molecule has 1 aliphatic rings. The molecule has 3 rings (SSSR count). The van der Waals surface area contributed by atoms with Gasteiger partial charge in [-0.25, -0.2) is 12.8 Å². The van der Waals surface area contributed by atoms with E-state index in [1.165, 1.54) is 12.1 Å². The average Bonchev–Trinajstić information content (AvgIpc) is 3.17. The van der Waals surface area contributed by atoms with E-state index in [0.717, 1.165) is 50.9 Å². The molecule has 1 aromatic heterocycles. The zero-order valence-electron chi connectivity index (χ0n) is 18.7. The van der Waals surface area contributed by atoms with Gasteiger partial charge in [-0.3, -0.25) is 0 Å². The summed E-state index contributed by atoms with van der Waals surface area (Å²) in [7, 11) is -3.27. The van der Waals surface area contributed by atoms with Gasteiger partial charge in [0.05, 0.1) is 12.4 Å². The van der Waals surface area contributed by atoms with E-state index in [1.807, 2.05) is 0 Å². The Bertz CT molecular complexity index is 977. The fraction of sp³-hybridized carbons (Fsp3) is 0.636.